The van der Waals surface area contributed by atoms with Gasteiger partial charge in [-0.3, -0.25) is 0 Å². The van der Waals surface area contributed by atoms with E-state index in [1.54, 1.807) is 6.92 Å². The highest BCUT2D eigenvalue weighted by Crippen LogP contribution is 2.61. The maximum atomic E-state index is 12.2. The average Bonchev–Trinajstić information content (AvgIpc) is 2.41. The number of carbonyl (C=O) groups is 1. The first-order valence-corrected chi connectivity index (χ1v) is 9.44. The summed E-state index contributed by atoms with van der Waals surface area (Å²) in [5.74, 6) is 0.993. The van der Waals surface area contributed by atoms with Gasteiger partial charge in [0.25, 0.3) is 0 Å². The Balaban J connectivity index is 1.54. The van der Waals surface area contributed by atoms with Gasteiger partial charge in [0.2, 0.25) is 0 Å². The van der Waals surface area contributed by atoms with Crippen LogP contribution in [0.2, 0.25) is 0 Å². The van der Waals surface area contributed by atoms with E-state index in [2.05, 4.69) is 20.4 Å². The van der Waals surface area contributed by atoms with Crippen molar-refractivity contribution in [2.45, 2.75) is 88.6 Å². The van der Waals surface area contributed by atoms with E-state index in [-0.39, 0.29) is 28.9 Å². The van der Waals surface area contributed by atoms with Crippen molar-refractivity contribution in [3.05, 3.63) is 12.2 Å². The second-order valence-corrected chi connectivity index (χ2v) is 9.17. The molecule has 5 aliphatic rings. The lowest BCUT2D eigenvalue weighted by Crippen LogP contribution is -2.64. The van der Waals surface area contributed by atoms with E-state index in [4.69, 9.17) is 14.2 Å². The minimum atomic E-state index is -0.332. The van der Waals surface area contributed by atoms with Gasteiger partial charge < -0.3 is 14.2 Å². The van der Waals surface area contributed by atoms with Crippen LogP contribution in [0, 0.1) is 11.8 Å². The average molecular weight is 334 g/mol. The van der Waals surface area contributed by atoms with Crippen molar-refractivity contribution >= 4 is 5.97 Å². The summed E-state index contributed by atoms with van der Waals surface area (Å²) in [5.41, 5.74) is -0.128. The monoisotopic (exact) mass is 334 g/mol. The Morgan fingerprint density at radius 1 is 1.21 bits per heavy atom. The lowest BCUT2D eigenvalue weighted by molar-refractivity contribution is -0.282. The van der Waals surface area contributed by atoms with Crippen LogP contribution in [0.1, 0.15) is 65.7 Å². The van der Waals surface area contributed by atoms with Crippen molar-refractivity contribution in [3.63, 3.8) is 0 Å². The van der Waals surface area contributed by atoms with Gasteiger partial charge in [0.05, 0.1) is 23.9 Å². The molecule has 5 rings (SSSR count). The Bertz CT molecular complexity index is 548. The molecule has 0 N–H and O–H groups in total. The van der Waals surface area contributed by atoms with E-state index in [0.29, 0.717) is 17.4 Å². The molecule has 4 atom stereocenters. The third-order valence-electron chi connectivity index (χ3n) is 6.93. The van der Waals surface area contributed by atoms with Crippen LogP contribution in [-0.4, -0.2) is 35.5 Å². The maximum Gasteiger partial charge on any atom is 0.333 e. The molecule has 1 aliphatic heterocycles. The van der Waals surface area contributed by atoms with Crippen LogP contribution in [0.5, 0.6) is 0 Å². The fourth-order valence-electron chi connectivity index (χ4n) is 5.88. The Hall–Kier alpha value is -0.870. The fraction of sp³-hybridized carbons (Fsp3) is 0.850. The molecule has 1 heterocycles. The van der Waals surface area contributed by atoms with Gasteiger partial charge in [-0.15, -0.1) is 0 Å². The number of ether oxygens (including phenoxy) is 3. The first-order valence-electron chi connectivity index (χ1n) is 9.44. The van der Waals surface area contributed by atoms with Crippen LogP contribution in [-0.2, 0) is 19.0 Å². The molecule has 1 saturated heterocycles. The topological polar surface area (TPSA) is 44.8 Å². The van der Waals surface area contributed by atoms with E-state index >= 15 is 0 Å². The first-order chi connectivity index (χ1) is 11.2. The summed E-state index contributed by atoms with van der Waals surface area (Å²) in [7, 11) is 0. The Morgan fingerprint density at radius 2 is 1.79 bits per heavy atom. The van der Waals surface area contributed by atoms with E-state index in [1.165, 1.54) is 6.42 Å². The van der Waals surface area contributed by atoms with Crippen LogP contribution in [0.4, 0.5) is 0 Å². The molecule has 4 nitrogen and oxygen atoms in total. The van der Waals surface area contributed by atoms with Crippen molar-refractivity contribution in [2.24, 2.45) is 11.8 Å². The highest BCUT2D eigenvalue weighted by atomic mass is 16.6. The van der Waals surface area contributed by atoms with E-state index in [0.717, 1.165) is 45.1 Å². The molecule has 5 fully saturated rings. The third-order valence-corrected chi connectivity index (χ3v) is 6.93. The van der Waals surface area contributed by atoms with Crippen LogP contribution in [0.25, 0.3) is 0 Å². The van der Waals surface area contributed by atoms with Gasteiger partial charge in [-0.1, -0.05) is 6.58 Å². The summed E-state index contributed by atoms with van der Waals surface area (Å²) in [6, 6.07) is 0. The van der Waals surface area contributed by atoms with Crippen molar-refractivity contribution in [2.75, 3.05) is 6.61 Å². The molecule has 0 radical (unpaired) electrons. The fourth-order valence-corrected chi connectivity index (χ4v) is 5.88. The highest BCUT2D eigenvalue weighted by molar-refractivity contribution is 5.87. The van der Waals surface area contributed by atoms with E-state index in [9.17, 15) is 4.79 Å². The minimum absolute atomic E-state index is 0.0800. The zero-order valence-electron chi connectivity index (χ0n) is 15.2. The summed E-state index contributed by atoms with van der Waals surface area (Å²) in [4.78, 5) is 12.2. The normalized spacial score (nSPS) is 47.1. The summed E-state index contributed by atoms with van der Waals surface area (Å²) < 4.78 is 18.5. The molecule has 24 heavy (non-hydrogen) atoms. The molecule has 4 bridgehead atoms. The van der Waals surface area contributed by atoms with E-state index in [1.807, 2.05) is 0 Å². The number of esters is 1. The predicted molar refractivity (Wildman–Crippen MR) is 90.6 cm³/mol. The first kappa shape index (κ1) is 16.6. The molecule has 0 amide bonds. The summed E-state index contributed by atoms with van der Waals surface area (Å²) in [6.45, 7) is 10.6. The predicted octanol–water partition coefficient (Wildman–Crippen LogP) is 3.78. The standard InChI is InChI=1S/C20H30O4/c1-13(2)17(21)24-20-10-15-7-16(11-20)9-19(8-15,12-20)23-14(3)18(4)5-6-22-18/h14-16H,1,5-12H2,2-4H3. The molecular formula is C20H30O4. The molecule has 0 aromatic carbocycles. The zero-order valence-corrected chi connectivity index (χ0v) is 15.2. The van der Waals surface area contributed by atoms with Gasteiger partial charge in [-0.05, 0) is 64.7 Å². The van der Waals surface area contributed by atoms with Crippen molar-refractivity contribution < 1.29 is 19.0 Å². The Morgan fingerprint density at radius 3 is 2.29 bits per heavy atom. The van der Waals surface area contributed by atoms with Crippen molar-refractivity contribution in [1.29, 1.82) is 0 Å². The molecule has 4 heteroatoms. The van der Waals surface area contributed by atoms with Gasteiger partial charge in [0.15, 0.2) is 0 Å². The largest absolute Gasteiger partial charge is 0.456 e. The van der Waals surface area contributed by atoms with Gasteiger partial charge in [-0.2, -0.15) is 0 Å². The van der Waals surface area contributed by atoms with Gasteiger partial charge in [-0.25, -0.2) is 4.79 Å². The summed E-state index contributed by atoms with van der Waals surface area (Å²) >= 11 is 0. The number of carbonyl (C=O) groups excluding carboxylic acids is 1. The van der Waals surface area contributed by atoms with Gasteiger partial charge in [0, 0.05) is 18.4 Å². The Labute approximate surface area is 144 Å². The van der Waals surface area contributed by atoms with Crippen LogP contribution < -0.4 is 0 Å². The van der Waals surface area contributed by atoms with E-state index < -0.39 is 0 Å². The Kier molecular flexibility index (Phi) is 3.67. The van der Waals surface area contributed by atoms with Crippen LogP contribution >= 0.6 is 0 Å². The lowest BCUT2D eigenvalue weighted by Gasteiger charge is -2.62. The summed E-state index contributed by atoms with van der Waals surface area (Å²) in [6.07, 6.45) is 7.45. The zero-order chi connectivity index (χ0) is 17.2. The maximum absolute atomic E-state index is 12.2. The van der Waals surface area contributed by atoms with Gasteiger partial charge >= 0.3 is 5.97 Å². The molecular weight excluding hydrogens is 304 g/mol. The molecule has 4 unspecified atom stereocenters. The van der Waals surface area contributed by atoms with Gasteiger partial charge in [0.1, 0.15) is 5.60 Å². The van der Waals surface area contributed by atoms with Crippen molar-refractivity contribution in [3.8, 4) is 0 Å². The highest BCUT2D eigenvalue weighted by Gasteiger charge is 2.61. The summed E-state index contributed by atoms with van der Waals surface area (Å²) in [5, 5.41) is 0. The number of rotatable bonds is 5. The quantitative estimate of drug-likeness (QED) is 0.567. The lowest BCUT2D eigenvalue weighted by atomic mass is 9.52. The van der Waals surface area contributed by atoms with Crippen LogP contribution in [0.3, 0.4) is 0 Å². The molecule has 4 saturated carbocycles. The number of hydrogen-bond donors (Lipinski definition) is 0. The second kappa shape index (κ2) is 5.31. The second-order valence-electron chi connectivity index (χ2n) is 9.17. The smallest absolute Gasteiger partial charge is 0.333 e. The molecule has 0 spiro atoms. The molecule has 134 valence electrons. The minimum Gasteiger partial charge on any atom is -0.456 e. The molecule has 0 aromatic heterocycles. The van der Waals surface area contributed by atoms with Crippen LogP contribution in [0.15, 0.2) is 12.2 Å². The molecule has 4 aliphatic carbocycles. The molecule has 0 aromatic rings. The SMILES string of the molecule is C=C(C)C(=O)OC12CC3CC(C1)CC(OC(C)C1(C)CCO1)(C3)C2. The number of hydrogen-bond acceptors (Lipinski definition) is 4. The van der Waals surface area contributed by atoms with Crippen molar-refractivity contribution in [1.82, 2.24) is 0 Å². The third kappa shape index (κ3) is 2.62.